The van der Waals surface area contributed by atoms with Crippen LogP contribution < -0.4 is 5.56 Å². The third kappa shape index (κ3) is 2.83. The summed E-state index contributed by atoms with van der Waals surface area (Å²) in [5.41, 5.74) is 4.03. The van der Waals surface area contributed by atoms with Gasteiger partial charge in [-0.2, -0.15) is 11.8 Å². The number of fused-ring (bicyclic) bond motifs is 2. The summed E-state index contributed by atoms with van der Waals surface area (Å²) in [5.74, 6) is 1.56. The highest BCUT2D eigenvalue weighted by atomic mass is 32.2. The molecule has 6 heteroatoms. The normalized spacial score (nSPS) is 11.4. The Hall–Kier alpha value is -2.18. The molecule has 0 saturated carbocycles. The Bertz CT molecular complexity index is 1080. The maximum atomic E-state index is 12.2. The summed E-state index contributed by atoms with van der Waals surface area (Å²) in [6.45, 7) is 1.93. The third-order valence-corrected chi connectivity index (χ3v) is 5.81. The average molecular weight is 353 g/mol. The fourth-order valence-electron chi connectivity index (χ4n) is 2.72. The number of benzene rings is 1. The number of rotatable bonds is 4. The quantitative estimate of drug-likeness (QED) is 0.555. The molecule has 24 heavy (non-hydrogen) atoms. The largest absolute Gasteiger partial charge is 0.269 e. The van der Waals surface area contributed by atoms with Gasteiger partial charge in [0.25, 0.3) is 5.56 Å². The zero-order valence-electron chi connectivity index (χ0n) is 13.1. The lowest BCUT2D eigenvalue weighted by Gasteiger charge is -2.06. The highest BCUT2D eigenvalue weighted by Gasteiger charge is 2.07. The second-order valence-electron chi connectivity index (χ2n) is 5.57. The van der Waals surface area contributed by atoms with Crippen LogP contribution in [0, 0.1) is 6.92 Å². The zero-order valence-corrected chi connectivity index (χ0v) is 14.7. The second kappa shape index (κ2) is 6.37. The van der Waals surface area contributed by atoms with Crippen LogP contribution in [0.2, 0.25) is 0 Å². The summed E-state index contributed by atoms with van der Waals surface area (Å²) in [6.07, 6.45) is 1.83. The number of hydrogen-bond acceptors (Lipinski definition) is 5. The number of thiazole rings is 1. The van der Waals surface area contributed by atoms with Gasteiger partial charge in [-0.25, -0.2) is 4.98 Å². The van der Waals surface area contributed by atoms with E-state index in [9.17, 15) is 4.79 Å². The van der Waals surface area contributed by atoms with Crippen molar-refractivity contribution < 1.29 is 0 Å². The van der Waals surface area contributed by atoms with Crippen molar-refractivity contribution in [2.24, 2.45) is 0 Å². The molecule has 3 aromatic heterocycles. The Morgan fingerprint density at radius 1 is 1.21 bits per heavy atom. The Balaban J connectivity index is 1.54. The number of pyridine rings is 1. The first kappa shape index (κ1) is 15.4. The van der Waals surface area contributed by atoms with Crippen LogP contribution in [0.3, 0.4) is 0 Å². The molecule has 0 aliphatic heterocycles. The van der Waals surface area contributed by atoms with Gasteiger partial charge in [0.1, 0.15) is 0 Å². The standard InChI is InChI=1S/C18H15N3OS2/c1-12-9-24-18-20-15(8-16(22)21(12)18)11-23-10-14-5-2-4-13-6-3-7-19-17(13)14/h2-9H,10-11H2,1H3. The number of hydrogen-bond donors (Lipinski definition) is 0. The zero-order chi connectivity index (χ0) is 16.5. The molecule has 3 heterocycles. The molecule has 120 valence electrons. The van der Waals surface area contributed by atoms with Crippen molar-refractivity contribution >= 4 is 39.0 Å². The molecule has 1 aromatic carbocycles. The van der Waals surface area contributed by atoms with Crippen LogP contribution in [-0.4, -0.2) is 14.4 Å². The highest BCUT2D eigenvalue weighted by Crippen LogP contribution is 2.23. The Morgan fingerprint density at radius 3 is 3.00 bits per heavy atom. The molecule has 4 rings (SSSR count). The van der Waals surface area contributed by atoms with Gasteiger partial charge in [0.2, 0.25) is 0 Å². The van der Waals surface area contributed by atoms with Crippen molar-refractivity contribution in [2.75, 3.05) is 0 Å². The topological polar surface area (TPSA) is 47.3 Å². The molecule has 4 nitrogen and oxygen atoms in total. The van der Waals surface area contributed by atoms with Crippen LogP contribution in [0.1, 0.15) is 17.0 Å². The summed E-state index contributed by atoms with van der Waals surface area (Å²) in [6, 6.07) is 11.9. The van der Waals surface area contributed by atoms with Crippen LogP contribution in [0.5, 0.6) is 0 Å². The number of nitrogens with zero attached hydrogens (tertiary/aromatic N) is 3. The fraction of sp³-hybridized carbons (Fsp3) is 0.167. The molecule has 0 unspecified atom stereocenters. The lowest BCUT2D eigenvalue weighted by Crippen LogP contribution is -2.14. The summed E-state index contributed by atoms with van der Waals surface area (Å²) in [5, 5.41) is 3.12. The fourth-order valence-corrected chi connectivity index (χ4v) is 4.53. The van der Waals surface area contributed by atoms with Crippen molar-refractivity contribution in [3.8, 4) is 0 Å². The van der Waals surface area contributed by atoms with Gasteiger partial charge in [0, 0.05) is 40.2 Å². The van der Waals surface area contributed by atoms with Crippen molar-refractivity contribution in [1.82, 2.24) is 14.4 Å². The summed E-state index contributed by atoms with van der Waals surface area (Å²) in [7, 11) is 0. The number of thioether (sulfide) groups is 1. The predicted octanol–water partition coefficient (Wildman–Crippen LogP) is 4.05. The van der Waals surface area contributed by atoms with Gasteiger partial charge in [-0.1, -0.05) is 24.3 Å². The molecule has 0 radical (unpaired) electrons. The van der Waals surface area contributed by atoms with Gasteiger partial charge in [-0.3, -0.25) is 14.2 Å². The summed E-state index contributed by atoms with van der Waals surface area (Å²) in [4.78, 5) is 22.0. The first-order valence-electron chi connectivity index (χ1n) is 7.59. The van der Waals surface area contributed by atoms with Gasteiger partial charge < -0.3 is 0 Å². The van der Waals surface area contributed by atoms with Gasteiger partial charge in [0.05, 0.1) is 11.2 Å². The lowest BCUT2D eigenvalue weighted by atomic mass is 10.1. The van der Waals surface area contributed by atoms with Crippen LogP contribution in [0.25, 0.3) is 15.9 Å². The first-order chi connectivity index (χ1) is 11.7. The van der Waals surface area contributed by atoms with E-state index in [4.69, 9.17) is 0 Å². The molecule has 0 saturated heterocycles. The van der Waals surface area contributed by atoms with E-state index in [0.717, 1.165) is 33.0 Å². The van der Waals surface area contributed by atoms with Gasteiger partial charge >= 0.3 is 0 Å². The minimum atomic E-state index is 0.00109. The van der Waals surface area contributed by atoms with E-state index in [-0.39, 0.29) is 5.56 Å². The Labute approximate surface area is 147 Å². The van der Waals surface area contributed by atoms with E-state index in [1.54, 1.807) is 22.2 Å². The molecular weight excluding hydrogens is 338 g/mol. The van der Waals surface area contributed by atoms with Crippen molar-refractivity contribution in [3.05, 3.63) is 75.3 Å². The molecule has 0 bridgehead atoms. The molecule has 0 amide bonds. The Kier molecular flexibility index (Phi) is 4.08. The second-order valence-corrected chi connectivity index (χ2v) is 7.39. The van der Waals surface area contributed by atoms with Crippen LogP contribution >= 0.6 is 23.1 Å². The third-order valence-electron chi connectivity index (χ3n) is 3.85. The highest BCUT2D eigenvalue weighted by molar-refractivity contribution is 7.97. The number of aryl methyl sites for hydroxylation is 1. The monoisotopic (exact) mass is 353 g/mol. The van der Waals surface area contributed by atoms with Crippen LogP contribution in [0.15, 0.2) is 52.8 Å². The summed E-state index contributed by atoms with van der Waals surface area (Å²) >= 11 is 3.26. The van der Waals surface area contributed by atoms with E-state index in [1.807, 2.05) is 24.6 Å². The molecule has 4 aromatic rings. The average Bonchev–Trinajstić information content (AvgIpc) is 2.97. The SMILES string of the molecule is Cc1csc2nc(CSCc3cccc4cccnc34)cc(=O)n12. The van der Waals surface area contributed by atoms with E-state index < -0.39 is 0 Å². The van der Waals surface area contributed by atoms with Crippen molar-refractivity contribution in [2.45, 2.75) is 18.4 Å². The first-order valence-corrected chi connectivity index (χ1v) is 9.63. The number of aromatic nitrogens is 3. The molecule has 0 N–H and O–H groups in total. The minimum absolute atomic E-state index is 0.00109. The van der Waals surface area contributed by atoms with Crippen LogP contribution in [-0.2, 0) is 11.5 Å². The van der Waals surface area contributed by atoms with E-state index in [2.05, 4.69) is 34.2 Å². The lowest BCUT2D eigenvalue weighted by molar-refractivity contribution is 0.997. The predicted molar refractivity (Wildman–Crippen MR) is 101 cm³/mol. The van der Waals surface area contributed by atoms with Crippen molar-refractivity contribution in [1.29, 1.82) is 0 Å². The van der Waals surface area contributed by atoms with Crippen molar-refractivity contribution in [3.63, 3.8) is 0 Å². The number of para-hydroxylation sites is 1. The van der Waals surface area contributed by atoms with Gasteiger partial charge in [-0.15, -0.1) is 11.3 Å². The van der Waals surface area contributed by atoms with E-state index in [1.165, 1.54) is 16.9 Å². The smallest absolute Gasteiger partial charge is 0.258 e. The van der Waals surface area contributed by atoms with Gasteiger partial charge in [0.15, 0.2) is 4.96 Å². The molecular formula is C18H15N3OS2. The van der Waals surface area contributed by atoms with Gasteiger partial charge in [-0.05, 0) is 18.6 Å². The maximum Gasteiger partial charge on any atom is 0.258 e. The Morgan fingerprint density at radius 2 is 2.08 bits per heavy atom. The molecule has 0 aliphatic carbocycles. The van der Waals surface area contributed by atoms with Crippen LogP contribution in [0.4, 0.5) is 0 Å². The summed E-state index contributed by atoms with van der Waals surface area (Å²) < 4.78 is 1.66. The minimum Gasteiger partial charge on any atom is -0.269 e. The maximum absolute atomic E-state index is 12.2. The molecule has 0 aliphatic rings. The molecule has 0 fully saturated rings. The van der Waals surface area contributed by atoms with E-state index >= 15 is 0 Å². The molecule has 0 spiro atoms. The molecule has 0 atom stereocenters. The van der Waals surface area contributed by atoms with E-state index in [0.29, 0.717) is 5.75 Å².